The summed E-state index contributed by atoms with van der Waals surface area (Å²) in [5.41, 5.74) is -0.691. The second-order valence-electron chi connectivity index (χ2n) is 4.00. The van der Waals surface area contributed by atoms with Crippen molar-refractivity contribution in [1.29, 1.82) is 0 Å². The first-order valence-corrected chi connectivity index (χ1v) is 5.94. The van der Waals surface area contributed by atoms with E-state index in [-0.39, 0.29) is 0 Å². The molecule has 82 valence electrons. The van der Waals surface area contributed by atoms with Gasteiger partial charge in [-0.05, 0) is 24.3 Å². The molecule has 0 spiro atoms. The first-order valence-electron chi connectivity index (χ1n) is 5.06. The molecule has 2 heterocycles. The molecule has 1 unspecified atom stereocenters. The second kappa shape index (κ2) is 4.33. The zero-order valence-electron chi connectivity index (χ0n) is 8.44. The van der Waals surface area contributed by atoms with Gasteiger partial charge in [-0.15, -0.1) is 11.3 Å². The Balaban J connectivity index is 2.15. The van der Waals surface area contributed by atoms with Crippen LogP contribution in [0.5, 0.6) is 0 Å². The number of carboxylic acids is 1. The van der Waals surface area contributed by atoms with Crippen LogP contribution >= 0.6 is 11.3 Å². The van der Waals surface area contributed by atoms with Gasteiger partial charge in [0, 0.05) is 17.9 Å². The van der Waals surface area contributed by atoms with Crippen molar-refractivity contribution in [2.75, 3.05) is 13.2 Å². The van der Waals surface area contributed by atoms with Crippen LogP contribution in [0.1, 0.15) is 17.7 Å². The molecule has 1 saturated heterocycles. The van der Waals surface area contributed by atoms with Crippen molar-refractivity contribution < 1.29 is 14.6 Å². The Kier molecular flexibility index (Phi) is 3.07. The van der Waals surface area contributed by atoms with Crippen LogP contribution in [-0.4, -0.2) is 24.3 Å². The Morgan fingerprint density at radius 1 is 1.67 bits per heavy atom. The van der Waals surface area contributed by atoms with E-state index in [2.05, 4.69) is 0 Å². The van der Waals surface area contributed by atoms with Crippen molar-refractivity contribution in [2.24, 2.45) is 5.41 Å². The van der Waals surface area contributed by atoms with Gasteiger partial charge in [0.2, 0.25) is 0 Å². The van der Waals surface area contributed by atoms with Crippen molar-refractivity contribution in [3.8, 4) is 0 Å². The molecule has 4 heteroatoms. The monoisotopic (exact) mass is 226 g/mol. The number of ether oxygens (including phenoxy) is 1. The highest BCUT2D eigenvalue weighted by atomic mass is 32.1. The Bertz CT molecular complexity index is 326. The standard InChI is InChI=1S/C11H14O3S/c12-10(13)11(4-2-5-14-8-11)7-9-3-1-6-15-9/h1,3,6H,2,4-5,7-8H2,(H,12,13). The van der Waals surface area contributed by atoms with Gasteiger partial charge in [0.25, 0.3) is 0 Å². The Labute approximate surface area is 92.7 Å². The van der Waals surface area contributed by atoms with E-state index < -0.39 is 11.4 Å². The van der Waals surface area contributed by atoms with Gasteiger partial charge in [-0.3, -0.25) is 4.79 Å². The van der Waals surface area contributed by atoms with E-state index in [4.69, 9.17) is 4.74 Å². The minimum atomic E-state index is -0.726. The summed E-state index contributed by atoms with van der Waals surface area (Å²) in [6.07, 6.45) is 2.16. The summed E-state index contributed by atoms with van der Waals surface area (Å²) in [6, 6.07) is 3.95. The van der Waals surface area contributed by atoms with Gasteiger partial charge in [-0.1, -0.05) is 6.07 Å². The van der Waals surface area contributed by atoms with Crippen LogP contribution in [0.2, 0.25) is 0 Å². The summed E-state index contributed by atoms with van der Waals surface area (Å²) < 4.78 is 5.32. The number of hydrogen-bond acceptors (Lipinski definition) is 3. The molecule has 0 aliphatic carbocycles. The fraction of sp³-hybridized carbons (Fsp3) is 0.545. The zero-order valence-corrected chi connectivity index (χ0v) is 9.26. The molecule has 0 radical (unpaired) electrons. The molecule has 0 aromatic carbocycles. The second-order valence-corrected chi connectivity index (χ2v) is 5.03. The van der Waals surface area contributed by atoms with Crippen LogP contribution in [0.4, 0.5) is 0 Å². The molecular formula is C11H14O3S. The van der Waals surface area contributed by atoms with Gasteiger partial charge < -0.3 is 9.84 Å². The maximum atomic E-state index is 11.3. The lowest BCUT2D eigenvalue weighted by molar-refractivity contribution is -0.157. The van der Waals surface area contributed by atoms with Gasteiger partial charge in [-0.2, -0.15) is 0 Å². The van der Waals surface area contributed by atoms with Crippen LogP contribution in [-0.2, 0) is 16.0 Å². The lowest BCUT2D eigenvalue weighted by atomic mass is 9.79. The molecule has 3 nitrogen and oxygen atoms in total. The third-order valence-corrected chi connectivity index (χ3v) is 3.75. The number of carbonyl (C=O) groups is 1. The third kappa shape index (κ3) is 2.21. The minimum absolute atomic E-state index is 0.347. The van der Waals surface area contributed by atoms with Crippen molar-refractivity contribution in [3.63, 3.8) is 0 Å². The Morgan fingerprint density at radius 3 is 3.07 bits per heavy atom. The molecule has 1 aliphatic heterocycles. The average molecular weight is 226 g/mol. The number of rotatable bonds is 3. The van der Waals surface area contributed by atoms with E-state index in [0.29, 0.717) is 19.6 Å². The van der Waals surface area contributed by atoms with E-state index in [0.717, 1.165) is 17.7 Å². The summed E-state index contributed by atoms with van der Waals surface area (Å²) in [6.45, 7) is 1.04. The van der Waals surface area contributed by atoms with Gasteiger partial charge in [-0.25, -0.2) is 0 Å². The van der Waals surface area contributed by atoms with Gasteiger partial charge in [0.15, 0.2) is 0 Å². The zero-order chi connectivity index (χ0) is 10.7. The van der Waals surface area contributed by atoms with E-state index in [9.17, 15) is 9.90 Å². The summed E-state index contributed by atoms with van der Waals surface area (Å²) in [5, 5.41) is 11.3. The summed E-state index contributed by atoms with van der Waals surface area (Å²) in [7, 11) is 0. The van der Waals surface area contributed by atoms with Crippen molar-refractivity contribution in [1.82, 2.24) is 0 Å². The first-order chi connectivity index (χ1) is 7.23. The SMILES string of the molecule is O=C(O)C1(Cc2cccs2)CCCOC1. The molecular weight excluding hydrogens is 212 g/mol. The molecule has 0 bridgehead atoms. The predicted octanol–water partition coefficient (Wildman–Crippen LogP) is 2.17. The number of carboxylic acid groups (broad SMARTS) is 1. The van der Waals surface area contributed by atoms with Crippen LogP contribution in [0, 0.1) is 5.41 Å². The van der Waals surface area contributed by atoms with Crippen LogP contribution in [0.25, 0.3) is 0 Å². The topological polar surface area (TPSA) is 46.5 Å². The number of thiophene rings is 1. The van der Waals surface area contributed by atoms with Crippen LogP contribution < -0.4 is 0 Å². The molecule has 1 aliphatic rings. The predicted molar refractivity (Wildman–Crippen MR) is 58.1 cm³/mol. The minimum Gasteiger partial charge on any atom is -0.481 e. The normalized spacial score (nSPS) is 26.4. The molecule has 1 fully saturated rings. The molecule has 15 heavy (non-hydrogen) atoms. The number of hydrogen-bond donors (Lipinski definition) is 1. The number of aliphatic carboxylic acids is 1. The molecule has 1 atom stereocenters. The molecule has 2 rings (SSSR count). The molecule has 1 N–H and O–H groups in total. The van der Waals surface area contributed by atoms with Crippen LogP contribution in [0.3, 0.4) is 0 Å². The summed E-state index contributed by atoms with van der Waals surface area (Å²) in [4.78, 5) is 12.5. The highest BCUT2D eigenvalue weighted by Crippen LogP contribution is 2.34. The van der Waals surface area contributed by atoms with Crippen molar-refractivity contribution in [3.05, 3.63) is 22.4 Å². The van der Waals surface area contributed by atoms with E-state index in [1.165, 1.54) is 0 Å². The highest BCUT2D eigenvalue weighted by molar-refractivity contribution is 7.09. The first kappa shape index (κ1) is 10.6. The van der Waals surface area contributed by atoms with Crippen LogP contribution in [0.15, 0.2) is 17.5 Å². The smallest absolute Gasteiger partial charge is 0.312 e. The van der Waals surface area contributed by atoms with Crippen molar-refractivity contribution >= 4 is 17.3 Å². The van der Waals surface area contributed by atoms with E-state index in [1.54, 1.807) is 11.3 Å². The van der Waals surface area contributed by atoms with Crippen molar-refractivity contribution in [2.45, 2.75) is 19.3 Å². The quantitative estimate of drug-likeness (QED) is 0.859. The van der Waals surface area contributed by atoms with Gasteiger partial charge in [0.05, 0.1) is 12.0 Å². The third-order valence-electron chi connectivity index (χ3n) is 2.87. The molecule has 0 saturated carbocycles. The van der Waals surface area contributed by atoms with E-state index >= 15 is 0 Å². The average Bonchev–Trinajstić information content (AvgIpc) is 2.71. The summed E-state index contributed by atoms with van der Waals surface area (Å²) in [5.74, 6) is -0.726. The lowest BCUT2D eigenvalue weighted by Gasteiger charge is -2.32. The maximum absolute atomic E-state index is 11.3. The van der Waals surface area contributed by atoms with E-state index in [1.807, 2.05) is 17.5 Å². The molecule has 0 amide bonds. The highest BCUT2D eigenvalue weighted by Gasteiger charge is 2.40. The summed E-state index contributed by atoms with van der Waals surface area (Å²) >= 11 is 1.61. The fourth-order valence-corrected chi connectivity index (χ4v) is 2.83. The maximum Gasteiger partial charge on any atom is 0.312 e. The van der Waals surface area contributed by atoms with Gasteiger partial charge >= 0.3 is 5.97 Å². The lowest BCUT2D eigenvalue weighted by Crippen LogP contribution is -2.41. The Hall–Kier alpha value is -0.870. The molecule has 1 aromatic heterocycles. The fourth-order valence-electron chi connectivity index (χ4n) is 1.98. The molecule has 1 aromatic rings. The Morgan fingerprint density at radius 2 is 2.53 bits per heavy atom. The largest absolute Gasteiger partial charge is 0.481 e. The van der Waals surface area contributed by atoms with Gasteiger partial charge in [0.1, 0.15) is 0 Å².